The molecule has 0 spiro atoms. The maximum Gasteiger partial charge on any atom is 0.222 e. The van der Waals surface area contributed by atoms with Gasteiger partial charge < -0.3 is 5.11 Å². The number of nitrogens with zero attached hydrogens (tertiary/aromatic N) is 3. The Labute approximate surface area is 112 Å². The van der Waals surface area contributed by atoms with Crippen molar-refractivity contribution in [1.29, 1.82) is 5.26 Å². The molecule has 0 amide bonds. The number of hydrazone groups is 1. The molecule has 2 rings (SSSR count). The van der Waals surface area contributed by atoms with Gasteiger partial charge in [-0.25, -0.2) is 0 Å². The van der Waals surface area contributed by atoms with Crippen LogP contribution in [0.2, 0.25) is 5.02 Å². The zero-order valence-electron chi connectivity index (χ0n) is 8.96. The summed E-state index contributed by atoms with van der Waals surface area (Å²) in [6.07, 6.45) is 0. The minimum atomic E-state index is -0.121. The van der Waals surface area contributed by atoms with Gasteiger partial charge in [0.15, 0.2) is 10.7 Å². The molecule has 0 unspecified atom stereocenters. The van der Waals surface area contributed by atoms with Crippen LogP contribution in [0.4, 0.5) is 5.69 Å². The Kier molecular flexibility index (Phi) is 3.77. The van der Waals surface area contributed by atoms with E-state index >= 15 is 0 Å². The number of aromatic nitrogens is 1. The van der Waals surface area contributed by atoms with Crippen LogP contribution in [-0.4, -0.2) is 15.8 Å². The van der Waals surface area contributed by atoms with Crippen LogP contribution in [0.25, 0.3) is 0 Å². The second-order valence-corrected chi connectivity index (χ2v) is 4.50. The van der Waals surface area contributed by atoms with E-state index in [9.17, 15) is 0 Å². The number of benzene rings is 1. The van der Waals surface area contributed by atoms with Crippen LogP contribution in [0, 0.1) is 11.3 Å². The molecule has 7 heteroatoms. The second kappa shape index (κ2) is 5.49. The summed E-state index contributed by atoms with van der Waals surface area (Å²) in [7, 11) is 0. The van der Waals surface area contributed by atoms with Crippen LogP contribution in [0.3, 0.4) is 0 Å². The van der Waals surface area contributed by atoms with E-state index in [2.05, 4.69) is 15.5 Å². The molecular weight excluding hydrogens is 272 g/mol. The highest BCUT2D eigenvalue weighted by Crippen LogP contribution is 2.16. The van der Waals surface area contributed by atoms with E-state index in [4.69, 9.17) is 22.0 Å². The minimum Gasteiger partial charge on any atom is -0.493 e. The van der Waals surface area contributed by atoms with Gasteiger partial charge in [0.25, 0.3) is 0 Å². The number of anilines is 1. The number of hydrogen-bond donors (Lipinski definition) is 2. The lowest BCUT2D eigenvalue weighted by Crippen LogP contribution is -2.01. The first-order valence-electron chi connectivity index (χ1n) is 4.83. The van der Waals surface area contributed by atoms with E-state index < -0.39 is 0 Å². The first kappa shape index (κ1) is 12.4. The van der Waals surface area contributed by atoms with Crippen molar-refractivity contribution >= 4 is 34.3 Å². The van der Waals surface area contributed by atoms with Crippen molar-refractivity contribution in [2.75, 3.05) is 5.43 Å². The molecule has 2 N–H and O–H groups in total. The molecule has 0 aliphatic rings. The maximum absolute atomic E-state index is 9.11. The third-order valence-corrected chi connectivity index (χ3v) is 3.03. The van der Waals surface area contributed by atoms with Crippen LogP contribution < -0.4 is 5.43 Å². The quantitative estimate of drug-likeness (QED) is 0.668. The number of aromatic hydroxyl groups is 1. The lowest BCUT2D eigenvalue weighted by atomic mass is 10.3. The highest BCUT2D eigenvalue weighted by molar-refractivity contribution is 7.12. The molecule has 1 aromatic carbocycles. The fraction of sp³-hybridized carbons (Fsp3) is 0. The van der Waals surface area contributed by atoms with Crippen LogP contribution in [0.15, 0.2) is 34.7 Å². The fourth-order valence-corrected chi connectivity index (χ4v) is 1.88. The summed E-state index contributed by atoms with van der Waals surface area (Å²) in [5.41, 5.74) is 3.53. The number of hydrogen-bond acceptors (Lipinski definition) is 6. The normalized spacial score (nSPS) is 11.0. The molecule has 0 radical (unpaired) electrons. The van der Waals surface area contributed by atoms with E-state index in [0.717, 1.165) is 11.3 Å². The molecule has 0 aliphatic carbocycles. The van der Waals surface area contributed by atoms with E-state index in [1.807, 2.05) is 6.07 Å². The Balaban J connectivity index is 2.16. The first-order valence-corrected chi connectivity index (χ1v) is 6.09. The minimum absolute atomic E-state index is 0.107. The van der Waals surface area contributed by atoms with Crippen LogP contribution in [-0.2, 0) is 0 Å². The zero-order valence-corrected chi connectivity index (χ0v) is 10.5. The molecule has 1 heterocycles. The van der Waals surface area contributed by atoms with Gasteiger partial charge in [0.05, 0.1) is 11.1 Å². The first-order chi connectivity index (χ1) is 8.69. The van der Waals surface area contributed by atoms with Crippen LogP contribution in [0.5, 0.6) is 5.88 Å². The van der Waals surface area contributed by atoms with Gasteiger partial charge in [-0.05, 0) is 24.3 Å². The predicted octanol–water partition coefficient (Wildman–Crippen LogP) is 2.84. The van der Waals surface area contributed by atoms with Crippen molar-refractivity contribution in [1.82, 2.24) is 4.98 Å². The molecule has 0 fully saturated rings. The average molecular weight is 279 g/mol. The SMILES string of the molecule is N#C/C(=N/Nc1ccc(Cl)cc1)c1nc(O)cs1. The van der Waals surface area contributed by atoms with Gasteiger partial charge in [0.1, 0.15) is 6.07 Å². The number of halogens is 1. The fourth-order valence-electron chi connectivity index (χ4n) is 1.14. The lowest BCUT2D eigenvalue weighted by molar-refractivity contribution is 0.457. The van der Waals surface area contributed by atoms with Gasteiger partial charge in [0.2, 0.25) is 5.88 Å². The predicted molar refractivity (Wildman–Crippen MR) is 71.0 cm³/mol. The van der Waals surface area contributed by atoms with Gasteiger partial charge >= 0.3 is 0 Å². The van der Waals surface area contributed by atoms with E-state index in [1.54, 1.807) is 24.3 Å². The molecule has 0 bridgehead atoms. The summed E-state index contributed by atoms with van der Waals surface area (Å²) in [5, 5.41) is 24.4. The number of thiazole rings is 1. The summed E-state index contributed by atoms with van der Waals surface area (Å²) >= 11 is 6.89. The van der Waals surface area contributed by atoms with Crippen molar-refractivity contribution in [3.8, 4) is 11.9 Å². The van der Waals surface area contributed by atoms with Crippen molar-refractivity contribution < 1.29 is 5.11 Å². The molecule has 0 aliphatic heterocycles. The van der Waals surface area contributed by atoms with E-state index in [-0.39, 0.29) is 11.6 Å². The summed E-state index contributed by atoms with van der Waals surface area (Å²) < 4.78 is 0. The zero-order chi connectivity index (χ0) is 13.0. The Morgan fingerprint density at radius 1 is 1.44 bits per heavy atom. The van der Waals surface area contributed by atoms with E-state index in [0.29, 0.717) is 15.7 Å². The highest BCUT2D eigenvalue weighted by Gasteiger charge is 2.08. The third kappa shape index (κ3) is 2.97. The van der Waals surface area contributed by atoms with Gasteiger partial charge in [-0.2, -0.15) is 15.3 Å². The van der Waals surface area contributed by atoms with Crippen LogP contribution in [0.1, 0.15) is 5.01 Å². The Morgan fingerprint density at radius 3 is 2.72 bits per heavy atom. The van der Waals surface area contributed by atoms with Gasteiger partial charge in [-0.15, -0.1) is 11.3 Å². The Bertz CT molecular complexity index is 615. The maximum atomic E-state index is 9.11. The summed E-state index contributed by atoms with van der Waals surface area (Å²) in [5.74, 6) is -0.121. The van der Waals surface area contributed by atoms with Crippen molar-refractivity contribution in [2.24, 2.45) is 5.10 Å². The number of nitrogens with one attached hydrogen (secondary N) is 1. The van der Waals surface area contributed by atoms with Crippen LogP contribution >= 0.6 is 22.9 Å². The summed E-state index contributed by atoms with van der Waals surface area (Å²) in [4.78, 5) is 3.77. The Morgan fingerprint density at radius 2 is 2.17 bits per heavy atom. The lowest BCUT2D eigenvalue weighted by Gasteiger charge is -2.00. The molecule has 2 aromatic rings. The molecule has 5 nitrogen and oxygen atoms in total. The molecule has 0 saturated carbocycles. The topological polar surface area (TPSA) is 81.3 Å². The molecule has 90 valence electrons. The summed E-state index contributed by atoms with van der Waals surface area (Å²) in [6.45, 7) is 0. The second-order valence-electron chi connectivity index (χ2n) is 3.20. The van der Waals surface area contributed by atoms with Gasteiger partial charge in [-0.1, -0.05) is 11.6 Å². The van der Waals surface area contributed by atoms with Crippen molar-refractivity contribution in [3.63, 3.8) is 0 Å². The number of rotatable bonds is 3. The third-order valence-electron chi connectivity index (χ3n) is 1.94. The largest absolute Gasteiger partial charge is 0.493 e. The van der Waals surface area contributed by atoms with Crippen molar-refractivity contribution in [3.05, 3.63) is 39.7 Å². The average Bonchev–Trinajstić information content (AvgIpc) is 2.79. The van der Waals surface area contributed by atoms with Crippen molar-refractivity contribution in [2.45, 2.75) is 0 Å². The molecule has 18 heavy (non-hydrogen) atoms. The standard InChI is InChI=1S/C11H7ClN4OS/c12-7-1-3-8(4-2-7)15-16-9(5-13)11-14-10(17)6-18-11/h1-4,6,15,17H/b16-9-. The van der Waals surface area contributed by atoms with Gasteiger partial charge in [0, 0.05) is 5.02 Å². The Hall–Kier alpha value is -2.10. The molecule has 0 atom stereocenters. The highest BCUT2D eigenvalue weighted by atomic mass is 35.5. The molecule has 0 saturated heterocycles. The monoisotopic (exact) mass is 278 g/mol. The number of nitriles is 1. The van der Waals surface area contributed by atoms with Gasteiger partial charge in [-0.3, -0.25) is 5.43 Å². The smallest absolute Gasteiger partial charge is 0.222 e. The molecular formula is C11H7ClN4OS. The summed E-state index contributed by atoms with van der Waals surface area (Å²) in [6, 6.07) is 8.80. The molecule has 1 aromatic heterocycles. The van der Waals surface area contributed by atoms with E-state index in [1.165, 1.54) is 5.38 Å².